The number of carbonyl (C=O) groups excluding carboxylic acids is 3. The second-order valence-electron chi connectivity index (χ2n) is 7.51. The Morgan fingerprint density at radius 1 is 1.06 bits per heavy atom. The van der Waals surface area contributed by atoms with Gasteiger partial charge in [-0.3, -0.25) is 14.4 Å². The molecule has 0 aliphatic carbocycles. The first-order valence-electron chi connectivity index (χ1n) is 10.3. The minimum atomic E-state index is -0.937. The first kappa shape index (κ1) is 21.7. The quantitative estimate of drug-likeness (QED) is 0.503. The zero-order valence-electron chi connectivity index (χ0n) is 17.3. The summed E-state index contributed by atoms with van der Waals surface area (Å²) >= 11 is 1.61. The number of benzene rings is 2. The number of aliphatic hydroxyl groups excluding tert-OH is 1. The lowest BCUT2D eigenvalue weighted by Crippen LogP contribution is -2.37. The van der Waals surface area contributed by atoms with E-state index in [0.717, 1.165) is 17.5 Å². The molecule has 164 valence electrons. The van der Waals surface area contributed by atoms with E-state index in [1.807, 2.05) is 29.0 Å². The Morgan fingerprint density at radius 2 is 1.88 bits per heavy atom. The van der Waals surface area contributed by atoms with Crippen molar-refractivity contribution in [1.29, 1.82) is 0 Å². The zero-order chi connectivity index (χ0) is 22.5. The summed E-state index contributed by atoms with van der Waals surface area (Å²) in [6, 6.07) is 16.3. The Morgan fingerprint density at radius 3 is 2.56 bits per heavy atom. The van der Waals surface area contributed by atoms with Crippen molar-refractivity contribution in [3.63, 3.8) is 0 Å². The highest BCUT2D eigenvalue weighted by atomic mass is 32.1. The Kier molecular flexibility index (Phi) is 6.63. The van der Waals surface area contributed by atoms with Crippen molar-refractivity contribution in [1.82, 2.24) is 5.32 Å². The molecule has 1 fully saturated rings. The van der Waals surface area contributed by atoms with Crippen molar-refractivity contribution < 1.29 is 19.5 Å². The molecule has 0 bridgehead atoms. The maximum Gasteiger partial charge on any atom is 0.313 e. The fraction of sp³-hybridized carbons (Fsp3) is 0.208. The van der Waals surface area contributed by atoms with E-state index in [4.69, 9.17) is 0 Å². The van der Waals surface area contributed by atoms with Crippen molar-refractivity contribution in [2.75, 3.05) is 23.3 Å². The topological polar surface area (TPSA) is 98.7 Å². The molecular formula is C24H23N3O4S. The van der Waals surface area contributed by atoms with Crippen LogP contribution in [0.25, 0.3) is 11.1 Å². The standard InChI is InChI=1S/C24H23N3O4S/c28-21(17-8-6-16(7-9-17)18-10-12-32-15-18)14-25-23(30)24(31)26-19-3-1-4-20(13-19)27-11-2-5-22(27)29/h1,3-4,6-10,12-13,15,21,28H,2,5,11,14H2,(H,25,30)(H,26,31)/t21-/m0/s1. The number of hydrogen-bond donors (Lipinski definition) is 3. The highest BCUT2D eigenvalue weighted by Crippen LogP contribution is 2.25. The lowest BCUT2D eigenvalue weighted by atomic mass is 10.0. The summed E-state index contributed by atoms with van der Waals surface area (Å²) in [6.07, 6.45) is 0.377. The van der Waals surface area contributed by atoms with Crippen molar-refractivity contribution >= 4 is 40.4 Å². The van der Waals surface area contributed by atoms with E-state index >= 15 is 0 Å². The SMILES string of the molecule is O=C(NC[C@H](O)c1ccc(-c2ccsc2)cc1)C(=O)Nc1cccc(N2CCCC2=O)c1. The van der Waals surface area contributed by atoms with Crippen LogP contribution in [-0.4, -0.2) is 35.9 Å². The van der Waals surface area contributed by atoms with Crippen LogP contribution in [0, 0.1) is 0 Å². The Balaban J connectivity index is 1.30. The van der Waals surface area contributed by atoms with E-state index < -0.39 is 17.9 Å². The van der Waals surface area contributed by atoms with Crippen molar-refractivity contribution in [2.45, 2.75) is 18.9 Å². The van der Waals surface area contributed by atoms with E-state index in [1.54, 1.807) is 52.6 Å². The molecule has 1 aliphatic rings. The summed E-state index contributed by atoms with van der Waals surface area (Å²) in [5.41, 5.74) is 3.91. The molecule has 4 rings (SSSR count). The van der Waals surface area contributed by atoms with Gasteiger partial charge >= 0.3 is 11.8 Å². The second-order valence-corrected chi connectivity index (χ2v) is 8.29. The number of anilines is 2. The van der Waals surface area contributed by atoms with Gasteiger partial charge in [-0.15, -0.1) is 0 Å². The van der Waals surface area contributed by atoms with Gasteiger partial charge in [-0.25, -0.2) is 0 Å². The fourth-order valence-corrected chi connectivity index (χ4v) is 4.24. The number of aliphatic hydroxyl groups is 1. The molecule has 1 aliphatic heterocycles. The largest absolute Gasteiger partial charge is 0.387 e. The first-order valence-corrected chi connectivity index (χ1v) is 11.3. The molecule has 7 nitrogen and oxygen atoms in total. The van der Waals surface area contributed by atoms with Crippen LogP contribution < -0.4 is 15.5 Å². The summed E-state index contributed by atoms with van der Waals surface area (Å²) in [4.78, 5) is 38.0. The van der Waals surface area contributed by atoms with E-state index in [9.17, 15) is 19.5 Å². The van der Waals surface area contributed by atoms with Gasteiger partial charge in [-0.05, 0) is 58.1 Å². The highest BCUT2D eigenvalue weighted by Gasteiger charge is 2.22. The molecule has 8 heteroatoms. The smallest absolute Gasteiger partial charge is 0.313 e. The lowest BCUT2D eigenvalue weighted by Gasteiger charge is -2.17. The van der Waals surface area contributed by atoms with Gasteiger partial charge in [0.2, 0.25) is 5.91 Å². The molecule has 1 atom stereocenters. The van der Waals surface area contributed by atoms with Crippen molar-refractivity contribution in [2.24, 2.45) is 0 Å². The van der Waals surface area contributed by atoms with Gasteiger partial charge in [0, 0.05) is 30.9 Å². The zero-order valence-corrected chi connectivity index (χ0v) is 18.1. The van der Waals surface area contributed by atoms with E-state index in [2.05, 4.69) is 10.6 Å². The molecular weight excluding hydrogens is 426 g/mol. The predicted molar refractivity (Wildman–Crippen MR) is 124 cm³/mol. The maximum atomic E-state index is 12.3. The third kappa shape index (κ3) is 5.04. The number of amides is 3. The van der Waals surface area contributed by atoms with Gasteiger partial charge in [0.1, 0.15) is 0 Å². The first-order chi connectivity index (χ1) is 15.5. The van der Waals surface area contributed by atoms with Crippen LogP contribution in [-0.2, 0) is 14.4 Å². The normalized spacial score (nSPS) is 14.3. The summed E-state index contributed by atoms with van der Waals surface area (Å²) in [6.45, 7) is 0.551. The molecule has 32 heavy (non-hydrogen) atoms. The van der Waals surface area contributed by atoms with Gasteiger partial charge in [-0.1, -0.05) is 30.3 Å². The molecule has 0 saturated carbocycles. The van der Waals surface area contributed by atoms with Gasteiger partial charge in [0.15, 0.2) is 0 Å². The molecule has 0 unspecified atom stereocenters. The summed E-state index contributed by atoms with van der Waals surface area (Å²) in [5, 5.41) is 19.4. The number of carbonyl (C=O) groups is 3. The number of nitrogens with zero attached hydrogens (tertiary/aromatic N) is 1. The number of hydrogen-bond acceptors (Lipinski definition) is 5. The van der Waals surface area contributed by atoms with Gasteiger partial charge < -0.3 is 20.6 Å². The molecule has 0 spiro atoms. The molecule has 1 saturated heterocycles. The van der Waals surface area contributed by atoms with Crippen LogP contribution in [0.15, 0.2) is 65.4 Å². The highest BCUT2D eigenvalue weighted by molar-refractivity contribution is 7.08. The van der Waals surface area contributed by atoms with Gasteiger partial charge in [-0.2, -0.15) is 11.3 Å². The Hall–Kier alpha value is -3.49. The fourth-order valence-electron chi connectivity index (χ4n) is 3.57. The predicted octanol–water partition coefficient (Wildman–Crippen LogP) is 3.33. The van der Waals surface area contributed by atoms with Crippen LogP contribution in [0.2, 0.25) is 0 Å². The number of nitrogens with one attached hydrogen (secondary N) is 2. The summed E-state index contributed by atoms with van der Waals surface area (Å²) < 4.78 is 0. The average molecular weight is 450 g/mol. The lowest BCUT2D eigenvalue weighted by molar-refractivity contribution is -0.136. The molecule has 1 aromatic heterocycles. The molecule has 3 N–H and O–H groups in total. The minimum Gasteiger partial charge on any atom is -0.387 e. The molecule has 2 heterocycles. The number of thiophene rings is 1. The van der Waals surface area contributed by atoms with E-state index in [1.165, 1.54) is 0 Å². The molecule has 3 amide bonds. The molecule has 3 aromatic rings. The van der Waals surface area contributed by atoms with Gasteiger partial charge in [0.25, 0.3) is 0 Å². The van der Waals surface area contributed by atoms with Crippen LogP contribution in [0.4, 0.5) is 11.4 Å². The van der Waals surface area contributed by atoms with Gasteiger partial charge in [0.05, 0.1) is 6.10 Å². The number of rotatable bonds is 6. The summed E-state index contributed by atoms with van der Waals surface area (Å²) in [5.74, 6) is -1.64. The van der Waals surface area contributed by atoms with Crippen molar-refractivity contribution in [3.8, 4) is 11.1 Å². The van der Waals surface area contributed by atoms with E-state index in [0.29, 0.717) is 29.9 Å². The molecule has 2 aromatic carbocycles. The molecule has 0 radical (unpaired) electrons. The summed E-state index contributed by atoms with van der Waals surface area (Å²) in [7, 11) is 0. The van der Waals surface area contributed by atoms with Crippen LogP contribution in [0.5, 0.6) is 0 Å². The average Bonchev–Trinajstić information content (AvgIpc) is 3.49. The monoisotopic (exact) mass is 449 g/mol. The third-order valence-electron chi connectivity index (χ3n) is 5.30. The second kappa shape index (κ2) is 9.76. The van der Waals surface area contributed by atoms with Crippen LogP contribution in [0.3, 0.4) is 0 Å². The van der Waals surface area contributed by atoms with Crippen molar-refractivity contribution in [3.05, 3.63) is 70.9 Å². The van der Waals surface area contributed by atoms with E-state index in [-0.39, 0.29) is 12.5 Å². The van der Waals surface area contributed by atoms with Crippen LogP contribution in [0.1, 0.15) is 24.5 Å². The maximum absolute atomic E-state index is 12.3. The third-order valence-corrected chi connectivity index (χ3v) is 5.98. The Labute approximate surface area is 189 Å². The Bertz CT molecular complexity index is 1110. The van der Waals surface area contributed by atoms with Crippen LogP contribution >= 0.6 is 11.3 Å². The minimum absolute atomic E-state index is 0.0450.